The second-order valence-corrected chi connectivity index (χ2v) is 5.58. The molecule has 0 radical (unpaired) electrons. The molecule has 0 aliphatic rings. The molecule has 0 fully saturated rings. The molecular formula is C21H18O. The van der Waals surface area contributed by atoms with Gasteiger partial charge in [0.1, 0.15) is 0 Å². The van der Waals surface area contributed by atoms with Crippen LogP contribution in [0.5, 0.6) is 0 Å². The molecule has 0 saturated carbocycles. The van der Waals surface area contributed by atoms with Gasteiger partial charge in [-0.3, -0.25) is 4.79 Å². The Bertz CT molecular complexity index is 779. The fourth-order valence-corrected chi connectivity index (χ4v) is 2.50. The predicted octanol–water partition coefficient (Wildman–Crippen LogP) is 5.53. The average molecular weight is 286 g/mol. The number of benzene rings is 3. The van der Waals surface area contributed by atoms with Crippen molar-refractivity contribution in [2.75, 3.05) is 0 Å². The van der Waals surface area contributed by atoms with E-state index in [-0.39, 0.29) is 5.78 Å². The Hall–Kier alpha value is -2.67. The first-order chi connectivity index (χ1) is 10.6. The zero-order valence-corrected chi connectivity index (χ0v) is 12.8. The van der Waals surface area contributed by atoms with Crippen LogP contribution >= 0.6 is 0 Å². The minimum atomic E-state index is 0.0984. The van der Waals surface area contributed by atoms with Crippen LogP contribution in [0.25, 0.3) is 22.3 Å². The largest absolute Gasteiger partial charge is 0.295 e. The van der Waals surface area contributed by atoms with Crippen molar-refractivity contribution in [2.24, 2.45) is 0 Å². The lowest BCUT2D eigenvalue weighted by Crippen LogP contribution is -1.90. The quantitative estimate of drug-likeness (QED) is 0.578. The van der Waals surface area contributed by atoms with Crippen LogP contribution in [0.2, 0.25) is 0 Å². The summed E-state index contributed by atoms with van der Waals surface area (Å²) in [5.74, 6) is 0.0984. The Balaban J connectivity index is 1.87. The molecule has 0 aromatic heterocycles. The maximum Gasteiger partial charge on any atom is 0.159 e. The van der Waals surface area contributed by atoms with Crippen molar-refractivity contribution in [3.63, 3.8) is 0 Å². The lowest BCUT2D eigenvalue weighted by atomic mass is 9.99. The summed E-state index contributed by atoms with van der Waals surface area (Å²) < 4.78 is 0. The lowest BCUT2D eigenvalue weighted by Gasteiger charge is -2.06. The molecule has 0 aliphatic heterocycles. The predicted molar refractivity (Wildman–Crippen MR) is 92.1 cm³/mol. The minimum absolute atomic E-state index is 0.0984. The molecule has 0 aliphatic carbocycles. The van der Waals surface area contributed by atoms with Gasteiger partial charge in [0.25, 0.3) is 0 Å². The number of ketones is 1. The van der Waals surface area contributed by atoms with E-state index in [1.807, 2.05) is 24.3 Å². The standard InChI is InChI=1S/C21H18O/c1-15-3-5-18(6-4-15)20-11-13-21(14-12-20)19-9-7-17(8-10-19)16(2)22/h3-14H,1-2H3. The zero-order chi connectivity index (χ0) is 15.5. The lowest BCUT2D eigenvalue weighted by molar-refractivity contribution is 0.101. The molecular weight excluding hydrogens is 268 g/mol. The van der Waals surface area contributed by atoms with Crippen molar-refractivity contribution in [1.82, 2.24) is 0 Å². The Morgan fingerprint density at radius 1 is 0.591 bits per heavy atom. The molecule has 3 aromatic rings. The van der Waals surface area contributed by atoms with Crippen LogP contribution in [0, 0.1) is 6.92 Å². The smallest absolute Gasteiger partial charge is 0.159 e. The van der Waals surface area contributed by atoms with E-state index in [9.17, 15) is 4.79 Å². The van der Waals surface area contributed by atoms with Crippen LogP contribution in [0.1, 0.15) is 22.8 Å². The van der Waals surface area contributed by atoms with E-state index in [1.165, 1.54) is 16.7 Å². The molecule has 1 heteroatoms. The van der Waals surface area contributed by atoms with Crippen LogP contribution in [0.4, 0.5) is 0 Å². The summed E-state index contributed by atoms with van der Waals surface area (Å²) >= 11 is 0. The van der Waals surface area contributed by atoms with Gasteiger partial charge in [0.15, 0.2) is 5.78 Å². The van der Waals surface area contributed by atoms with Crippen molar-refractivity contribution in [3.8, 4) is 22.3 Å². The van der Waals surface area contributed by atoms with E-state index in [1.54, 1.807) is 6.92 Å². The van der Waals surface area contributed by atoms with Crippen molar-refractivity contribution in [3.05, 3.63) is 83.9 Å². The number of rotatable bonds is 3. The molecule has 0 bridgehead atoms. The summed E-state index contributed by atoms with van der Waals surface area (Å²) in [6.07, 6.45) is 0. The van der Waals surface area contributed by atoms with Gasteiger partial charge >= 0.3 is 0 Å². The third-order valence-corrected chi connectivity index (χ3v) is 3.89. The van der Waals surface area contributed by atoms with E-state index in [0.717, 1.165) is 16.7 Å². The first kappa shape index (κ1) is 14.3. The summed E-state index contributed by atoms with van der Waals surface area (Å²) in [5.41, 5.74) is 6.74. The molecule has 0 spiro atoms. The molecule has 0 atom stereocenters. The third kappa shape index (κ3) is 2.99. The van der Waals surface area contributed by atoms with E-state index < -0.39 is 0 Å². The van der Waals surface area contributed by atoms with Crippen molar-refractivity contribution in [2.45, 2.75) is 13.8 Å². The highest BCUT2D eigenvalue weighted by molar-refractivity contribution is 5.94. The Labute approximate surface area is 131 Å². The average Bonchev–Trinajstić information content (AvgIpc) is 2.56. The molecule has 3 rings (SSSR count). The van der Waals surface area contributed by atoms with Crippen molar-refractivity contribution in [1.29, 1.82) is 0 Å². The van der Waals surface area contributed by atoms with Crippen LogP contribution in [-0.4, -0.2) is 5.78 Å². The highest BCUT2D eigenvalue weighted by atomic mass is 16.1. The van der Waals surface area contributed by atoms with E-state index in [4.69, 9.17) is 0 Å². The molecule has 0 heterocycles. The second-order valence-electron chi connectivity index (χ2n) is 5.58. The Morgan fingerprint density at radius 2 is 0.909 bits per heavy atom. The summed E-state index contributed by atoms with van der Waals surface area (Å²) in [6, 6.07) is 24.8. The Morgan fingerprint density at radius 3 is 1.27 bits per heavy atom. The topological polar surface area (TPSA) is 17.1 Å². The maximum absolute atomic E-state index is 11.3. The van der Waals surface area contributed by atoms with Crippen LogP contribution in [0.15, 0.2) is 72.8 Å². The summed E-state index contributed by atoms with van der Waals surface area (Å²) in [4.78, 5) is 11.3. The van der Waals surface area contributed by atoms with Gasteiger partial charge in [-0.05, 0) is 36.1 Å². The molecule has 108 valence electrons. The van der Waals surface area contributed by atoms with Crippen LogP contribution in [-0.2, 0) is 0 Å². The molecule has 0 amide bonds. The Kier molecular flexibility index (Phi) is 3.88. The maximum atomic E-state index is 11.3. The summed E-state index contributed by atoms with van der Waals surface area (Å²) in [6.45, 7) is 3.68. The van der Waals surface area contributed by atoms with Crippen molar-refractivity contribution < 1.29 is 4.79 Å². The van der Waals surface area contributed by atoms with Crippen LogP contribution in [0.3, 0.4) is 0 Å². The molecule has 0 saturated heterocycles. The monoisotopic (exact) mass is 286 g/mol. The van der Waals surface area contributed by atoms with Crippen LogP contribution < -0.4 is 0 Å². The van der Waals surface area contributed by atoms with Gasteiger partial charge in [0, 0.05) is 5.56 Å². The summed E-state index contributed by atoms with van der Waals surface area (Å²) in [7, 11) is 0. The van der Waals surface area contributed by atoms with E-state index in [0.29, 0.717) is 0 Å². The molecule has 0 unspecified atom stereocenters. The minimum Gasteiger partial charge on any atom is -0.295 e. The van der Waals surface area contributed by atoms with Gasteiger partial charge in [-0.2, -0.15) is 0 Å². The first-order valence-corrected chi connectivity index (χ1v) is 7.42. The fourth-order valence-electron chi connectivity index (χ4n) is 2.50. The number of carbonyl (C=O) groups excluding carboxylic acids is 1. The third-order valence-electron chi connectivity index (χ3n) is 3.89. The van der Waals surface area contributed by atoms with Gasteiger partial charge in [-0.1, -0.05) is 78.4 Å². The molecule has 1 nitrogen and oxygen atoms in total. The normalized spacial score (nSPS) is 10.5. The van der Waals surface area contributed by atoms with E-state index in [2.05, 4.69) is 55.5 Å². The zero-order valence-electron chi connectivity index (χ0n) is 12.8. The fraction of sp³-hybridized carbons (Fsp3) is 0.0952. The number of Topliss-reactive ketones (excluding diaryl/α,β-unsaturated/α-hetero) is 1. The number of hydrogen-bond donors (Lipinski definition) is 0. The molecule has 3 aromatic carbocycles. The van der Waals surface area contributed by atoms with Gasteiger partial charge in [-0.15, -0.1) is 0 Å². The van der Waals surface area contributed by atoms with Gasteiger partial charge in [0.2, 0.25) is 0 Å². The molecule has 0 N–H and O–H groups in total. The second kappa shape index (κ2) is 5.98. The van der Waals surface area contributed by atoms with Gasteiger partial charge in [0.05, 0.1) is 0 Å². The van der Waals surface area contributed by atoms with Gasteiger partial charge < -0.3 is 0 Å². The molecule has 22 heavy (non-hydrogen) atoms. The first-order valence-electron chi connectivity index (χ1n) is 7.42. The number of aryl methyl sites for hydroxylation is 1. The summed E-state index contributed by atoms with van der Waals surface area (Å²) in [5, 5.41) is 0. The number of hydrogen-bond acceptors (Lipinski definition) is 1. The van der Waals surface area contributed by atoms with Crippen molar-refractivity contribution >= 4 is 5.78 Å². The van der Waals surface area contributed by atoms with Gasteiger partial charge in [-0.25, -0.2) is 0 Å². The number of carbonyl (C=O) groups is 1. The highest BCUT2D eigenvalue weighted by Gasteiger charge is 2.02. The SMILES string of the molecule is CC(=O)c1ccc(-c2ccc(-c3ccc(C)cc3)cc2)cc1. The highest BCUT2D eigenvalue weighted by Crippen LogP contribution is 2.25. The van der Waals surface area contributed by atoms with E-state index >= 15 is 0 Å².